The Morgan fingerprint density at radius 1 is 1.27 bits per heavy atom. The van der Waals surface area contributed by atoms with E-state index in [-0.39, 0.29) is 24.5 Å². The Balaban J connectivity index is 1.82. The zero-order valence-corrected chi connectivity index (χ0v) is 14.4. The average Bonchev–Trinajstić information content (AvgIpc) is 3.10. The van der Waals surface area contributed by atoms with Crippen molar-refractivity contribution < 1.29 is 13.7 Å². The molecule has 0 saturated carbocycles. The van der Waals surface area contributed by atoms with Crippen LogP contribution in [-0.2, 0) is 6.54 Å². The molecule has 0 fully saturated rings. The fraction of sp³-hybridized carbons (Fsp3) is 0.150. The van der Waals surface area contributed by atoms with E-state index in [1.54, 1.807) is 12.1 Å². The van der Waals surface area contributed by atoms with Gasteiger partial charge in [0.05, 0.1) is 5.56 Å². The van der Waals surface area contributed by atoms with Crippen molar-refractivity contribution >= 4 is 5.91 Å². The highest BCUT2D eigenvalue weighted by atomic mass is 19.1. The molecule has 0 N–H and O–H groups in total. The number of rotatable bonds is 6. The minimum absolute atomic E-state index is 0.00669. The van der Waals surface area contributed by atoms with Crippen LogP contribution in [-0.4, -0.2) is 27.5 Å². The molecule has 0 saturated heterocycles. The van der Waals surface area contributed by atoms with Gasteiger partial charge in [-0.3, -0.25) is 4.79 Å². The number of carbonyl (C=O) groups is 1. The van der Waals surface area contributed by atoms with Crippen LogP contribution >= 0.6 is 0 Å². The maximum Gasteiger partial charge on any atom is 0.257 e. The summed E-state index contributed by atoms with van der Waals surface area (Å²) in [7, 11) is 0. The number of carbonyl (C=O) groups excluding carboxylic acids is 1. The standard InChI is InChI=1S/C20H18FN3O2/c1-3-11-24(20(25)16-9-4-5-10-17(16)21)13-18-22-19(23-26-18)15-8-6-7-14(2)12-15/h3-10,12H,1,11,13H2,2H3. The van der Waals surface area contributed by atoms with Gasteiger partial charge in [-0.2, -0.15) is 4.98 Å². The van der Waals surface area contributed by atoms with Gasteiger partial charge in [-0.25, -0.2) is 4.39 Å². The number of nitrogens with zero attached hydrogens (tertiary/aromatic N) is 3. The van der Waals surface area contributed by atoms with E-state index in [9.17, 15) is 9.18 Å². The molecule has 0 aliphatic rings. The Morgan fingerprint density at radius 3 is 2.81 bits per heavy atom. The van der Waals surface area contributed by atoms with E-state index >= 15 is 0 Å². The van der Waals surface area contributed by atoms with E-state index in [0.717, 1.165) is 11.1 Å². The lowest BCUT2D eigenvalue weighted by atomic mass is 10.1. The van der Waals surface area contributed by atoms with Crippen LogP contribution in [0.3, 0.4) is 0 Å². The Bertz CT molecular complexity index is 936. The first-order chi connectivity index (χ1) is 12.6. The predicted octanol–water partition coefficient (Wildman–Crippen LogP) is 4.01. The fourth-order valence-corrected chi connectivity index (χ4v) is 2.56. The lowest BCUT2D eigenvalue weighted by molar-refractivity contribution is 0.0740. The molecule has 132 valence electrons. The summed E-state index contributed by atoms with van der Waals surface area (Å²) in [4.78, 5) is 18.4. The van der Waals surface area contributed by atoms with E-state index < -0.39 is 11.7 Å². The van der Waals surface area contributed by atoms with E-state index in [2.05, 4.69) is 16.7 Å². The minimum atomic E-state index is -0.572. The molecular weight excluding hydrogens is 333 g/mol. The summed E-state index contributed by atoms with van der Waals surface area (Å²) in [5.41, 5.74) is 1.90. The van der Waals surface area contributed by atoms with Crippen LogP contribution in [0.25, 0.3) is 11.4 Å². The molecule has 1 heterocycles. The highest BCUT2D eigenvalue weighted by molar-refractivity contribution is 5.94. The molecule has 26 heavy (non-hydrogen) atoms. The number of halogens is 1. The number of hydrogen-bond acceptors (Lipinski definition) is 4. The van der Waals surface area contributed by atoms with Crippen molar-refractivity contribution in [2.75, 3.05) is 6.54 Å². The number of hydrogen-bond donors (Lipinski definition) is 0. The Labute approximate surface area is 150 Å². The molecule has 0 atom stereocenters. The van der Waals surface area contributed by atoms with Crippen LogP contribution < -0.4 is 0 Å². The predicted molar refractivity (Wildman–Crippen MR) is 95.8 cm³/mol. The molecule has 0 aliphatic carbocycles. The van der Waals surface area contributed by atoms with Crippen molar-refractivity contribution in [3.05, 3.63) is 84.0 Å². The largest absolute Gasteiger partial charge is 0.337 e. The van der Waals surface area contributed by atoms with Gasteiger partial charge in [0.2, 0.25) is 11.7 Å². The van der Waals surface area contributed by atoms with Gasteiger partial charge in [-0.15, -0.1) is 6.58 Å². The van der Waals surface area contributed by atoms with Gasteiger partial charge in [0.1, 0.15) is 12.4 Å². The maximum absolute atomic E-state index is 13.9. The summed E-state index contributed by atoms with van der Waals surface area (Å²) in [6.45, 7) is 5.92. The number of benzene rings is 2. The molecule has 0 bridgehead atoms. The average molecular weight is 351 g/mol. The van der Waals surface area contributed by atoms with E-state index in [0.29, 0.717) is 5.82 Å². The van der Waals surface area contributed by atoms with Crippen molar-refractivity contribution in [3.63, 3.8) is 0 Å². The lowest BCUT2D eigenvalue weighted by Crippen LogP contribution is -2.31. The Morgan fingerprint density at radius 2 is 2.08 bits per heavy atom. The van der Waals surface area contributed by atoms with Gasteiger partial charge < -0.3 is 9.42 Å². The molecule has 3 aromatic rings. The molecule has 3 rings (SSSR count). The van der Waals surface area contributed by atoms with Gasteiger partial charge >= 0.3 is 0 Å². The zero-order chi connectivity index (χ0) is 18.5. The first kappa shape index (κ1) is 17.5. The van der Waals surface area contributed by atoms with E-state index in [1.165, 1.54) is 23.1 Å². The third-order valence-electron chi connectivity index (χ3n) is 3.81. The van der Waals surface area contributed by atoms with Crippen molar-refractivity contribution in [2.45, 2.75) is 13.5 Å². The number of aryl methyl sites for hydroxylation is 1. The topological polar surface area (TPSA) is 59.2 Å². The quantitative estimate of drug-likeness (QED) is 0.630. The second kappa shape index (κ2) is 7.74. The van der Waals surface area contributed by atoms with Crippen molar-refractivity contribution in [2.24, 2.45) is 0 Å². The van der Waals surface area contributed by atoms with Crippen molar-refractivity contribution in [1.29, 1.82) is 0 Å². The van der Waals surface area contributed by atoms with Crippen LogP contribution in [0.15, 0.2) is 65.7 Å². The smallest absolute Gasteiger partial charge is 0.257 e. The summed E-state index contributed by atoms with van der Waals surface area (Å²) in [5, 5.41) is 3.97. The maximum atomic E-state index is 13.9. The highest BCUT2D eigenvalue weighted by Gasteiger charge is 2.21. The second-order valence-electron chi connectivity index (χ2n) is 5.84. The molecule has 5 nitrogen and oxygen atoms in total. The molecule has 1 aromatic heterocycles. The van der Waals surface area contributed by atoms with Crippen molar-refractivity contribution in [3.8, 4) is 11.4 Å². The molecule has 0 aliphatic heterocycles. The first-order valence-electron chi connectivity index (χ1n) is 8.13. The Kier molecular flexibility index (Phi) is 5.22. The summed E-state index contributed by atoms with van der Waals surface area (Å²) in [6.07, 6.45) is 1.57. The summed E-state index contributed by atoms with van der Waals surface area (Å²) < 4.78 is 19.2. The fourth-order valence-electron chi connectivity index (χ4n) is 2.56. The monoisotopic (exact) mass is 351 g/mol. The minimum Gasteiger partial charge on any atom is -0.337 e. The van der Waals surface area contributed by atoms with Crippen LogP contribution in [0.2, 0.25) is 0 Å². The first-order valence-corrected chi connectivity index (χ1v) is 8.13. The normalized spacial score (nSPS) is 10.5. The third-order valence-corrected chi connectivity index (χ3v) is 3.81. The molecule has 0 radical (unpaired) electrons. The van der Waals surface area contributed by atoms with Gasteiger partial charge in [0, 0.05) is 12.1 Å². The summed E-state index contributed by atoms with van der Waals surface area (Å²) >= 11 is 0. The van der Waals surface area contributed by atoms with Gasteiger partial charge in [-0.1, -0.05) is 47.1 Å². The van der Waals surface area contributed by atoms with Crippen LogP contribution in [0.5, 0.6) is 0 Å². The molecule has 6 heteroatoms. The highest BCUT2D eigenvalue weighted by Crippen LogP contribution is 2.18. The van der Waals surface area contributed by atoms with E-state index in [1.807, 2.05) is 31.2 Å². The number of aromatic nitrogens is 2. The zero-order valence-electron chi connectivity index (χ0n) is 14.4. The SMILES string of the molecule is C=CCN(Cc1nc(-c2cccc(C)c2)no1)C(=O)c1ccccc1F. The Hall–Kier alpha value is -3.28. The van der Waals surface area contributed by atoms with E-state index in [4.69, 9.17) is 4.52 Å². The van der Waals surface area contributed by atoms with Crippen LogP contribution in [0.1, 0.15) is 21.8 Å². The van der Waals surface area contributed by atoms with Gasteiger partial charge in [-0.05, 0) is 25.1 Å². The molecule has 1 amide bonds. The lowest BCUT2D eigenvalue weighted by Gasteiger charge is -2.19. The molecular formula is C20H18FN3O2. The number of amides is 1. The summed E-state index contributed by atoms with van der Waals surface area (Å²) in [6, 6.07) is 13.6. The summed E-state index contributed by atoms with van der Waals surface area (Å²) in [5.74, 6) is -0.315. The van der Waals surface area contributed by atoms with Crippen molar-refractivity contribution in [1.82, 2.24) is 15.0 Å². The molecule has 2 aromatic carbocycles. The third kappa shape index (κ3) is 3.85. The van der Waals surface area contributed by atoms with Crippen LogP contribution in [0.4, 0.5) is 4.39 Å². The van der Waals surface area contributed by atoms with Crippen LogP contribution in [0, 0.1) is 12.7 Å². The molecule has 0 spiro atoms. The van der Waals surface area contributed by atoms with Gasteiger partial charge in [0.25, 0.3) is 5.91 Å². The second-order valence-corrected chi connectivity index (χ2v) is 5.84. The molecule has 0 unspecified atom stereocenters. The van der Waals surface area contributed by atoms with Gasteiger partial charge in [0.15, 0.2) is 0 Å².